The molecule has 0 atom stereocenters. The third kappa shape index (κ3) is 10.5. The van der Waals surface area contributed by atoms with E-state index in [4.69, 9.17) is 0 Å². The molecule has 1 aromatic rings. The molecule has 0 spiro atoms. The zero-order chi connectivity index (χ0) is 17.1. The van der Waals surface area contributed by atoms with Gasteiger partial charge in [0.25, 0.3) is 0 Å². The molecule has 1 aliphatic heterocycles. The van der Waals surface area contributed by atoms with E-state index in [1.165, 1.54) is 38.9 Å². The highest BCUT2D eigenvalue weighted by Gasteiger charge is 2.10. The summed E-state index contributed by atoms with van der Waals surface area (Å²) in [6.45, 7) is 15.1. The maximum absolute atomic E-state index is 4.28. The maximum Gasteiger partial charge on any atom is 0.0543 e. The standard InChI is InChI=1S/C11H18N2.C9H19N/c1-10(2)8-13(3)9-11-6-4-5-7-12-11;1-9(2)8-10-6-4-3-5-7-10/h4-7,10H,8-9H2,1-3H3;9H,3-8H2,1-2H3. The van der Waals surface area contributed by atoms with Gasteiger partial charge in [-0.3, -0.25) is 4.98 Å². The highest BCUT2D eigenvalue weighted by atomic mass is 15.1. The van der Waals surface area contributed by atoms with Gasteiger partial charge in [-0.05, 0) is 56.9 Å². The first-order valence-corrected chi connectivity index (χ1v) is 9.28. The molecule has 0 aliphatic carbocycles. The second kappa shape index (κ2) is 11.6. The van der Waals surface area contributed by atoms with Crippen molar-refractivity contribution in [2.75, 3.05) is 33.2 Å². The average molecular weight is 320 g/mol. The van der Waals surface area contributed by atoms with Crippen LogP contribution in [-0.2, 0) is 6.54 Å². The summed E-state index contributed by atoms with van der Waals surface area (Å²) in [6.07, 6.45) is 6.15. The quantitative estimate of drug-likeness (QED) is 0.779. The average Bonchev–Trinajstić information content (AvgIpc) is 2.48. The monoisotopic (exact) mass is 319 g/mol. The predicted octanol–water partition coefficient (Wildman–Crippen LogP) is 4.30. The summed E-state index contributed by atoms with van der Waals surface area (Å²) >= 11 is 0. The van der Waals surface area contributed by atoms with E-state index in [0.717, 1.165) is 24.7 Å². The van der Waals surface area contributed by atoms with Crippen LogP contribution in [0, 0.1) is 11.8 Å². The second-order valence-electron chi connectivity index (χ2n) is 7.67. The number of aromatic nitrogens is 1. The first-order chi connectivity index (χ1) is 11.0. The molecule has 2 heterocycles. The minimum absolute atomic E-state index is 0.716. The molecule has 3 nitrogen and oxygen atoms in total. The van der Waals surface area contributed by atoms with Crippen LogP contribution in [0.1, 0.15) is 52.7 Å². The minimum Gasteiger partial charge on any atom is -0.303 e. The Morgan fingerprint density at radius 3 is 2.26 bits per heavy atom. The molecule has 0 N–H and O–H groups in total. The Morgan fingerprint density at radius 2 is 1.74 bits per heavy atom. The maximum atomic E-state index is 4.28. The van der Waals surface area contributed by atoms with Crippen molar-refractivity contribution in [2.24, 2.45) is 11.8 Å². The molecule has 1 aromatic heterocycles. The number of piperidine rings is 1. The minimum atomic E-state index is 0.716. The summed E-state index contributed by atoms with van der Waals surface area (Å²) in [4.78, 5) is 9.17. The zero-order valence-corrected chi connectivity index (χ0v) is 16.0. The summed E-state index contributed by atoms with van der Waals surface area (Å²) in [7, 11) is 2.13. The fourth-order valence-electron chi connectivity index (χ4n) is 3.11. The smallest absolute Gasteiger partial charge is 0.0543 e. The first kappa shape index (κ1) is 20.1. The Bertz CT molecular complexity index is 383. The summed E-state index contributed by atoms with van der Waals surface area (Å²) in [5, 5.41) is 0. The van der Waals surface area contributed by atoms with Crippen LogP contribution < -0.4 is 0 Å². The topological polar surface area (TPSA) is 19.4 Å². The van der Waals surface area contributed by atoms with Gasteiger partial charge in [0.2, 0.25) is 0 Å². The molecule has 0 bridgehead atoms. The van der Waals surface area contributed by atoms with Crippen LogP contribution in [0.2, 0.25) is 0 Å². The Labute approximate surface area is 144 Å². The van der Waals surface area contributed by atoms with Crippen molar-refractivity contribution in [1.29, 1.82) is 0 Å². The van der Waals surface area contributed by atoms with E-state index in [0.29, 0.717) is 5.92 Å². The number of hydrogen-bond donors (Lipinski definition) is 0. The Morgan fingerprint density at radius 1 is 1.04 bits per heavy atom. The van der Waals surface area contributed by atoms with Gasteiger partial charge in [-0.1, -0.05) is 40.2 Å². The van der Waals surface area contributed by atoms with E-state index in [1.54, 1.807) is 0 Å². The molecule has 0 aromatic carbocycles. The second-order valence-corrected chi connectivity index (χ2v) is 7.67. The Hall–Kier alpha value is -0.930. The van der Waals surface area contributed by atoms with Crippen molar-refractivity contribution in [2.45, 2.75) is 53.5 Å². The molecular formula is C20H37N3. The summed E-state index contributed by atoms with van der Waals surface area (Å²) in [5.41, 5.74) is 1.14. The third-order valence-corrected chi connectivity index (χ3v) is 3.91. The zero-order valence-electron chi connectivity index (χ0n) is 16.0. The molecule has 3 heteroatoms. The number of nitrogens with zero attached hydrogens (tertiary/aromatic N) is 3. The number of rotatable bonds is 6. The largest absolute Gasteiger partial charge is 0.303 e. The van der Waals surface area contributed by atoms with E-state index in [1.807, 2.05) is 18.3 Å². The molecule has 1 aliphatic rings. The van der Waals surface area contributed by atoms with Gasteiger partial charge in [-0.25, -0.2) is 0 Å². The third-order valence-electron chi connectivity index (χ3n) is 3.91. The molecule has 0 unspecified atom stereocenters. The predicted molar refractivity (Wildman–Crippen MR) is 101 cm³/mol. The SMILES string of the molecule is CC(C)CN(C)Cc1ccccn1.CC(C)CN1CCCCC1. The van der Waals surface area contributed by atoms with Crippen LogP contribution in [0.4, 0.5) is 0 Å². The molecule has 132 valence electrons. The fourth-order valence-corrected chi connectivity index (χ4v) is 3.11. The summed E-state index contributed by atoms with van der Waals surface area (Å²) < 4.78 is 0. The molecule has 1 fully saturated rings. The Balaban J connectivity index is 0.000000238. The lowest BCUT2D eigenvalue weighted by Crippen LogP contribution is -2.32. The van der Waals surface area contributed by atoms with E-state index in [2.05, 4.69) is 55.6 Å². The van der Waals surface area contributed by atoms with E-state index in [-0.39, 0.29) is 0 Å². The van der Waals surface area contributed by atoms with Crippen LogP contribution in [0.3, 0.4) is 0 Å². The van der Waals surface area contributed by atoms with Crippen LogP contribution in [0.5, 0.6) is 0 Å². The van der Waals surface area contributed by atoms with Gasteiger partial charge in [0.1, 0.15) is 0 Å². The molecular weight excluding hydrogens is 282 g/mol. The normalized spacial score (nSPS) is 15.8. The van der Waals surface area contributed by atoms with Gasteiger partial charge in [0.15, 0.2) is 0 Å². The first-order valence-electron chi connectivity index (χ1n) is 9.28. The van der Waals surface area contributed by atoms with Crippen molar-refractivity contribution in [3.8, 4) is 0 Å². The molecule has 23 heavy (non-hydrogen) atoms. The fraction of sp³-hybridized carbons (Fsp3) is 0.750. The number of likely N-dealkylation sites (tertiary alicyclic amines) is 1. The lowest BCUT2D eigenvalue weighted by molar-refractivity contribution is 0.206. The van der Waals surface area contributed by atoms with Crippen molar-refractivity contribution in [3.05, 3.63) is 30.1 Å². The van der Waals surface area contributed by atoms with Gasteiger partial charge < -0.3 is 9.80 Å². The van der Waals surface area contributed by atoms with Crippen molar-refractivity contribution < 1.29 is 0 Å². The highest BCUT2D eigenvalue weighted by Crippen LogP contribution is 2.10. The van der Waals surface area contributed by atoms with Crippen LogP contribution in [0.25, 0.3) is 0 Å². The van der Waals surface area contributed by atoms with Gasteiger partial charge in [0, 0.05) is 25.8 Å². The van der Waals surface area contributed by atoms with Gasteiger partial charge >= 0.3 is 0 Å². The number of hydrogen-bond acceptors (Lipinski definition) is 3. The van der Waals surface area contributed by atoms with Crippen LogP contribution in [-0.4, -0.2) is 48.0 Å². The van der Waals surface area contributed by atoms with Crippen molar-refractivity contribution >= 4 is 0 Å². The lowest BCUT2D eigenvalue weighted by Gasteiger charge is -2.27. The van der Waals surface area contributed by atoms with Gasteiger partial charge in [0.05, 0.1) is 5.69 Å². The highest BCUT2D eigenvalue weighted by molar-refractivity contribution is 5.02. The van der Waals surface area contributed by atoms with Crippen LogP contribution >= 0.6 is 0 Å². The van der Waals surface area contributed by atoms with E-state index in [9.17, 15) is 0 Å². The van der Waals surface area contributed by atoms with Crippen molar-refractivity contribution in [3.63, 3.8) is 0 Å². The molecule has 2 rings (SSSR count). The van der Waals surface area contributed by atoms with Crippen molar-refractivity contribution in [1.82, 2.24) is 14.8 Å². The molecule has 0 amide bonds. The van der Waals surface area contributed by atoms with Crippen LogP contribution in [0.15, 0.2) is 24.4 Å². The van der Waals surface area contributed by atoms with Gasteiger partial charge in [-0.15, -0.1) is 0 Å². The van der Waals surface area contributed by atoms with Gasteiger partial charge in [-0.2, -0.15) is 0 Å². The molecule has 1 saturated heterocycles. The van der Waals surface area contributed by atoms with E-state index >= 15 is 0 Å². The molecule has 0 saturated carbocycles. The Kier molecular flexibility index (Phi) is 10.1. The van der Waals surface area contributed by atoms with E-state index < -0.39 is 0 Å². The number of pyridine rings is 1. The lowest BCUT2D eigenvalue weighted by atomic mass is 10.1. The molecule has 0 radical (unpaired) electrons. The summed E-state index contributed by atoms with van der Waals surface area (Å²) in [5.74, 6) is 1.56. The summed E-state index contributed by atoms with van der Waals surface area (Å²) in [6, 6.07) is 6.05.